The summed E-state index contributed by atoms with van der Waals surface area (Å²) in [6.45, 7) is 4.09. The van der Waals surface area contributed by atoms with Gasteiger partial charge >= 0.3 is 5.69 Å². The smallest absolute Gasteiger partial charge is 0.329 e. The van der Waals surface area contributed by atoms with Crippen LogP contribution in [-0.2, 0) is 0 Å². The zero-order valence-electron chi connectivity index (χ0n) is 9.10. The maximum Gasteiger partial charge on any atom is 0.329 e. The summed E-state index contributed by atoms with van der Waals surface area (Å²) in [7, 11) is 0. The molecule has 16 heavy (non-hydrogen) atoms. The van der Waals surface area contributed by atoms with Gasteiger partial charge in [-0.25, -0.2) is 4.98 Å². The highest BCUT2D eigenvalue weighted by atomic mass is 16.6. The van der Waals surface area contributed by atoms with Crippen LogP contribution >= 0.6 is 0 Å². The Morgan fingerprint density at radius 1 is 1.62 bits per heavy atom. The Bertz CT molecular complexity index is 400. The molecule has 1 rings (SSSR count). The third-order valence-electron chi connectivity index (χ3n) is 1.70. The van der Waals surface area contributed by atoms with Crippen molar-refractivity contribution in [2.24, 2.45) is 5.73 Å². The Labute approximate surface area is 92.2 Å². The first-order valence-corrected chi connectivity index (χ1v) is 4.59. The van der Waals surface area contributed by atoms with Gasteiger partial charge in [-0.15, -0.1) is 0 Å². The molecule has 0 radical (unpaired) electrons. The minimum Gasteiger partial charge on any atom is -0.378 e. The number of nitrogens with two attached hydrogens (primary N) is 2. The molecule has 0 amide bonds. The van der Waals surface area contributed by atoms with Crippen LogP contribution in [0.3, 0.4) is 0 Å². The van der Waals surface area contributed by atoms with Gasteiger partial charge in [0.2, 0.25) is 11.8 Å². The standard InChI is InChI=1S/C8H14N6O2/c1-8(2,10)4-12-7-11-3-5(14(15)16)6(9)13-7/h3H,4,10H2,1-2H3,(H3,9,11,12,13). The molecule has 1 heterocycles. The van der Waals surface area contributed by atoms with E-state index in [9.17, 15) is 10.1 Å². The van der Waals surface area contributed by atoms with E-state index >= 15 is 0 Å². The molecule has 88 valence electrons. The molecule has 0 aliphatic heterocycles. The first kappa shape index (κ1) is 12.1. The van der Waals surface area contributed by atoms with Crippen molar-refractivity contribution in [1.29, 1.82) is 0 Å². The third kappa shape index (κ3) is 3.31. The number of anilines is 2. The molecule has 0 aliphatic carbocycles. The zero-order valence-corrected chi connectivity index (χ0v) is 9.10. The van der Waals surface area contributed by atoms with Gasteiger partial charge in [0.15, 0.2) is 0 Å². The Morgan fingerprint density at radius 3 is 2.69 bits per heavy atom. The number of hydrogen-bond acceptors (Lipinski definition) is 7. The summed E-state index contributed by atoms with van der Waals surface area (Å²) >= 11 is 0. The fraction of sp³-hybridized carbons (Fsp3) is 0.500. The van der Waals surface area contributed by atoms with Gasteiger partial charge in [-0.2, -0.15) is 4.98 Å². The van der Waals surface area contributed by atoms with E-state index < -0.39 is 10.5 Å². The monoisotopic (exact) mass is 226 g/mol. The number of nitrogens with zero attached hydrogens (tertiary/aromatic N) is 3. The van der Waals surface area contributed by atoms with E-state index in [1.54, 1.807) is 0 Å². The predicted octanol–water partition coefficient (Wildman–Crippen LogP) is 0.116. The van der Waals surface area contributed by atoms with Gasteiger partial charge in [0, 0.05) is 12.1 Å². The van der Waals surface area contributed by atoms with Gasteiger partial charge in [0.05, 0.1) is 4.92 Å². The van der Waals surface area contributed by atoms with E-state index in [1.165, 1.54) is 0 Å². The summed E-state index contributed by atoms with van der Waals surface area (Å²) in [4.78, 5) is 17.3. The largest absolute Gasteiger partial charge is 0.378 e. The van der Waals surface area contributed by atoms with Crippen LogP contribution in [-0.4, -0.2) is 27.0 Å². The molecule has 0 bridgehead atoms. The number of nitro groups is 1. The van der Waals surface area contributed by atoms with Crippen LogP contribution in [0.2, 0.25) is 0 Å². The number of nitrogens with one attached hydrogen (secondary N) is 1. The van der Waals surface area contributed by atoms with Crippen LogP contribution in [0.1, 0.15) is 13.8 Å². The van der Waals surface area contributed by atoms with E-state index in [0.29, 0.717) is 6.54 Å². The lowest BCUT2D eigenvalue weighted by Gasteiger charge is -2.18. The summed E-state index contributed by atoms with van der Waals surface area (Å²) < 4.78 is 0. The highest BCUT2D eigenvalue weighted by molar-refractivity contribution is 5.53. The van der Waals surface area contributed by atoms with Crippen molar-refractivity contribution in [3.05, 3.63) is 16.3 Å². The molecule has 1 aromatic rings. The van der Waals surface area contributed by atoms with Crippen molar-refractivity contribution in [2.75, 3.05) is 17.6 Å². The first-order chi connectivity index (χ1) is 7.29. The lowest BCUT2D eigenvalue weighted by Crippen LogP contribution is -2.40. The molecule has 0 saturated heterocycles. The molecular weight excluding hydrogens is 212 g/mol. The van der Waals surface area contributed by atoms with Crippen molar-refractivity contribution in [1.82, 2.24) is 9.97 Å². The molecule has 0 spiro atoms. The number of hydrogen-bond donors (Lipinski definition) is 3. The summed E-state index contributed by atoms with van der Waals surface area (Å²) in [5, 5.41) is 13.3. The molecule has 5 N–H and O–H groups in total. The van der Waals surface area contributed by atoms with E-state index in [-0.39, 0.29) is 17.5 Å². The van der Waals surface area contributed by atoms with Crippen molar-refractivity contribution in [2.45, 2.75) is 19.4 Å². The summed E-state index contributed by atoms with van der Waals surface area (Å²) in [5.74, 6) is 0.0546. The van der Waals surface area contributed by atoms with Crippen LogP contribution in [0.5, 0.6) is 0 Å². The van der Waals surface area contributed by atoms with Crippen LogP contribution in [0.4, 0.5) is 17.5 Å². The maximum atomic E-state index is 10.5. The molecule has 8 heteroatoms. The lowest BCUT2D eigenvalue weighted by molar-refractivity contribution is -0.384. The SMILES string of the molecule is CC(C)(N)CNc1ncc([N+](=O)[O-])c(N)n1. The first-order valence-electron chi connectivity index (χ1n) is 4.59. The topological polar surface area (TPSA) is 133 Å². The second kappa shape index (κ2) is 4.27. The van der Waals surface area contributed by atoms with Crippen molar-refractivity contribution in [3.63, 3.8) is 0 Å². The van der Waals surface area contributed by atoms with Gasteiger partial charge < -0.3 is 16.8 Å². The van der Waals surface area contributed by atoms with Gasteiger partial charge in [0.1, 0.15) is 6.20 Å². The molecule has 0 aromatic carbocycles. The molecule has 0 unspecified atom stereocenters. The van der Waals surface area contributed by atoms with Crippen LogP contribution in [0, 0.1) is 10.1 Å². The number of rotatable bonds is 4. The van der Waals surface area contributed by atoms with Crippen LogP contribution in [0.15, 0.2) is 6.20 Å². The molecule has 0 atom stereocenters. The van der Waals surface area contributed by atoms with E-state index in [1.807, 2.05) is 13.8 Å². The van der Waals surface area contributed by atoms with Gasteiger partial charge in [0.25, 0.3) is 0 Å². The van der Waals surface area contributed by atoms with E-state index in [2.05, 4.69) is 15.3 Å². The maximum absolute atomic E-state index is 10.5. The number of nitrogen functional groups attached to an aromatic ring is 1. The second-order valence-electron chi connectivity index (χ2n) is 4.06. The van der Waals surface area contributed by atoms with E-state index in [0.717, 1.165) is 6.20 Å². The lowest BCUT2D eigenvalue weighted by atomic mass is 10.1. The predicted molar refractivity (Wildman–Crippen MR) is 59.9 cm³/mol. The average Bonchev–Trinajstić information content (AvgIpc) is 2.13. The molecular formula is C8H14N6O2. The normalized spacial score (nSPS) is 11.2. The summed E-state index contributed by atoms with van der Waals surface area (Å²) in [5.41, 5.74) is 10.4. The minimum atomic E-state index is -0.633. The highest BCUT2D eigenvalue weighted by Gasteiger charge is 2.15. The molecule has 1 aromatic heterocycles. The van der Waals surface area contributed by atoms with Crippen LogP contribution < -0.4 is 16.8 Å². The molecule has 8 nitrogen and oxygen atoms in total. The number of aromatic nitrogens is 2. The minimum absolute atomic E-state index is 0.169. The Hall–Kier alpha value is -1.96. The fourth-order valence-corrected chi connectivity index (χ4v) is 0.921. The Morgan fingerprint density at radius 2 is 2.25 bits per heavy atom. The van der Waals surface area contributed by atoms with Crippen LogP contribution in [0.25, 0.3) is 0 Å². The molecule has 0 aliphatic rings. The zero-order chi connectivity index (χ0) is 12.3. The van der Waals surface area contributed by atoms with E-state index in [4.69, 9.17) is 11.5 Å². The van der Waals surface area contributed by atoms with Gasteiger partial charge in [-0.1, -0.05) is 0 Å². The molecule has 0 fully saturated rings. The third-order valence-corrected chi connectivity index (χ3v) is 1.70. The highest BCUT2D eigenvalue weighted by Crippen LogP contribution is 2.18. The quantitative estimate of drug-likeness (QED) is 0.490. The van der Waals surface area contributed by atoms with Crippen molar-refractivity contribution < 1.29 is 4.92 Å². The Kier molecular flexibility index (Phi) is 3.23. The Balaban J connectivity index is 2.78. The molecule has 0 saturated carbocycles. The second-order valence-corrected chi connectivity index (χ2v) is 4.06. The van der Waals surface area contributed by atoms with Gasteiger partial charge in [-0.3, -0.25) is 10.1 Å². The average molecular weight is 226 g/mol. The van der Waals surface area contributed by atoms with Crippen molar-refractivity contribution in [3.8, 4) is 0 Å². The van der Waals surface area contributed by atoms with Crippen molar-refractivity contribution >= 4 is 17.5 Å². The summed E-state index contributed by atoms with van der Waals surface area (Å²) in [6, 6.07) is 0. The van der Waals surface area contributed by atoms with Gasteiger partial charge in [-0.05, 0) is 13.8 Å². The summed E-state index contributed by atoms with van der Waals surface area (Å²) in [6.07, 6.45) is 1.06. The fourth-order valence-electron chi connectivity index (χ4n) is 0.921.